The number of benzene rings is 1. The van der Waals surface area contributed by atoms with Gasteiger partial charge in [-0.05, 0) is 30.2 Å². The van der Waals surface area contributed by atoms with E-state index in [0.29, 0.717) is 18.8 Å². The lowest BCUT2D eigenvalue weighted by Crippen LogP contribution is -2.56. The van der Waals surface area contributed by atoms with Crippen molar-refractivity contribution in [1.29, 1.82) is 0 Å². The molecule has 2 aromatic rings. The standard InChI is InChI=1S/C21H27N5O2/c1-16(2)19(20(27)23-17-8-10-22-11-9-17)24-21(28)26-14-12-25(13-15-26)18-6-4-3-5-7-18/h3-11,16,19H,12-15H2,1-2H3,(H,24,28)(H,22,23,27)/t19-/m0/s1. The number of nitrogens with zero attached hydrogens (tertiary/aromatic N) is 3. The monoisotopic (exact) mass is 381 g/mol. The zero-order chi connectivity index (χ0) is 19.9. The van der Waals surface area contributed by atoms with Crippen molar-refractivity contribution in [2.24, 2.45) is 5.92 Å². The third kappa shape index (κ3) is 5.00. The predicted molar refractivity (Wildman–Crippen MR) is 110 cm³/mol. The van der Waals surface area contributed by atoms with Crippen molar-refractivity contribution in [3.8, 4) is 0 Å². The van der Waals surface area contributed by atoms with Gasteiger partial charge in [-0.15, -0.1) is 0 Å². The molecule has 28 heavy (non-hydrogen) atoms. The number of pyridine rings is 1. The van der Waals surface area contributed by atoms with E-state index in [4.69, 9.17) is 0 Å². The van der Waals surface area contributed by atoms with Gasteiger partial charge in [-0.3, -0.25) is 9.78 Å². The van der Waals surface area contributed by atoms with E-state index in [2.05, 4.69) is 32.7 Å². The molecular formula is C21H27N5O2. The number of hydrogen-bond donors (Lipinski definition) is 2. The first-order valence-corrected chi connectivity index (χ1v) is 9.61. The molecule has 1 aromatic heterocycles. The fourth-order valence-corrected chi connectivity index (χ4v) is 3.22. The van der Waals surface area contributed by atoms with Crippen LogP contribution in [0.4, 0.5) is 16.2 Å². The summed E-state index contributed by atoms with van der Waals surface area (Å²) in [6.07, 6.45) is 3.23. The zero-order valence-electron chi connectivity index (χ0n) is 16.3. The average Bonchev–Trinajstić information content (AvgIpc) is 2.73. The fourth-order valence-electron chi connectivity index (χ4n) is 3.22. The normalized spacial score (nSPS) is 15.2. The summed E-state index contributed by atoms with van der Waals surface area (Å²) in [6, 6.07) is 12.8. The largest absolute Gasteiger partial charge is 0.368 e. The van der Waals surface area contributed by atoms with E-state index in [1.54, 1.807) is 29.4 Å². The van der Waals surface area contributed by atoms with Crippen molar-refractivity contribution in [1.82, 2.24) is 15.2 Å². The fraction of sp³-hybridized carbons (Fsp3) is 0.381. The summed E-state index contributed by atoms with van der Waals surface area (Å²) in [5.74, 6) is -0.256. The quantitative estimate of drug-likeness (QED) is 0.835. The molecule has 3 amide bonds. The van der Waals surface area contributed by atoms with Crippen molar-refractivity contribution in [2.75, 3.05) is 36.4 Å². The summed E-state index contributed by atoms with van der Waals surface area (Å²) >= 11 is 0. The van der Waals surface area contributed by atoms with Crippen LogP contribution in [0.3, 0.4) is 0 Å². The van der Waals surface area contributed by atoms with E-state index < -0.39 is 6.04 Å². The number of carbonyl (C=O) groups is 2. The molecule has 1 aliphatic heterocycles. The Labute approximate surface area is 165 Å². The van der Waals surface area contributed by atoms with E-state index in [9.17, 15) is 9.59 Å². The van der Waals surface area contributed by atoms with Crippen LogP contribution in [0.15, 0.2) is 54.9 Å². The van der Waals surface area contributed by atoms with Gasteiger partial charge in [0.2, 0.25) is 5.91 Å². The molecule has 3 rings (SSSR count). The minimum atomic E-state index is -0.604. The summed E-state index contributed by atoms with van der Waals surface area (Å²) in [7, 11) is 0. The molecule has 1 aromatic carbocycles. The number of urea groups is 1. The van der Waals surface area contributed by atoms with Crippen molar-refractivity contribution in [2.45, 2.75) is 19.9 Å². The number of carbonyl (C=O) groups excluding carboxylic acids is 2. The number of para-hydroxylation sites is 1. The second kappa shape index (κ2) is 9.21. The number of hydrogen-bond acceptors (Lipinski definition) is 4. The van der Waals surface area contributed by atoms with Gasteiger partial charge in [0.05, 0.1) is 0 Å². The van der Waals surface area contributed by atoms with Crippen molar-refractivity contribution < 1.29 is 9.59 Å². The zero-order valence-corrected chi connectivity index (χ0v) is 16.3. The molecule has 0 radical (unpaired) electrons. The molecule has 0 bridgehead atoms. The third-order valence-corrected chi connectivity index (χ3v) is 4.86. The number of aromatic nitrogens is 1. The highest BCUT2D eigenvalue weighted by Crippen LogP contribution is 2.16. The maximum absolute atomic E-state index is 12.7. The van der Waals surface area contributed by atoms with Crippen LogP contribution in [0.1, 0.15) is 13.8 Å². The molecule has 2 N–H and O–H groups in total. The maximum Gasteiger partial charge on any atom is 0.318 e. The van der Waals surface area contributed by atoms with Gasteiger partial charge in [0, 0.05) is 49.9 Å². The van der Waals surface area contributed by atoms with Crippen molar-refractivity contribution in [3.63, 3.8) is 0 Å². The molecule has 148 valence electrons. The molecule has 1 saturated heterocycles. The first-order valence-electron chi connectivity index (χ1n) is 9.61. The van der Waals surface area contributed by atoms with Crippen molar-refractivity contribution in [3.05, 3.63) is 54.9 Å². The summed E-state index contributed by atoms with van der Waals surface area (Å²) < 4.78 is 0. The first kappa shape index (κ1) is 19.7. The second-order valence-electron chi connectivity index (χ2n) is 7.21. The Hall–Kier alpha value is -3.09. The Morgan fingerprint density at radius 3 is 2.21 bits per heavy atom. The lowest BCUT2D eigenvalue weighted by Gasteiger charge is -2.37. The Balaban J connectivity index is 1.55. The van der Waals surface area contributed by atoms with Crippen LogP contribution in [0, 0.1) is 5.92 Å². The van der Waals surface area contributed by atoms with Gasteiger partial charge < -0.3 is 20.4 Å². The maximum atomic E-state index is 12.7. The molecular weight excluding hydrogens is 354 g/mol. The van der Waals surface area contributed by atoms with E-state index in [1.807, 2.05) is 32.0 Å². The molecule has 2 heterocycles. The smallest absolute Gasteiger partial charge is 0.318 e. The van der Waals surface area contributed by atoms with Gasteiger partial charge in [-0.1, -0.05) is 32.0 Å². The van der Waals surface area contributed by atoms with E-state index in [1.165, 1.54) is 5.69 Å². The molecule has 7 heteroatoms. The van der Waals surface area contributed by atoms with Gasteiger partial charge in [-0.25, -0.2) is 4.79 Å². The van der Waals surface area contributed by atoms with Gasteiger partial charge in [0.1, 0.15) is 6.04 Å². The van der Waals surface area contributed by atoms with E-state index in [-0.39, 0.29) is 17.9 Å². The lowest BCUT2D eigenvalue weighted by atomic mass is 10.0. The highest BCUT2D eigenvalue weighted by Gasteiger charge is 2.28. The first-order chi connectivity index (χ1) is 13.5. The Bertz CT molecular complexity index is 774. The number of anilines is 2. The highest BCUT2D eigenvalue weighted by molar-refractivity contribution is 5.97. The van der Waals surface area contributed by atoms with Crippen molar-refractivity contribution >= 4 is 23.3 Å². The van der Waals surface area contributed by atoms with Crippen LogP contribution < -0.4 is 15.5 Å². The van der Waals surface area contributed by atoms with E-state index in [0.717, 1.165) is 13.1 Å². The predicted octanol–water partition coefficient (Wildman–Crippen LogP) is 2.58. The Morgan fingerprint density at radius 2 is 1.61 bits per heavy atom. The lowest BCUT2D eigenvalue weighted by molar-refractivity contribution is -0.118. The van der Waals surface area contributed by atoms with Crippen LogP contribution >= 0.6 is 0 Å². The minimum absolute atomic E-state index is 0.0311. The Morgan fingerprint density at radius 1 is 0.964 bits per heavy atom. The van der Waals surface area contributed by atoms with Gasteiger partial charge in [0.15, 0.2) is 0 Å². The molecule has 0 saturated carbocycles. The molecule has 0 aliphatic carbocycles. The third-order valence-electron chi connectivity index (χ3n) is 4.86. The SMILES string of the molecule is CC(C)[C@H](NC(=O)N1CCN(c2ccccc2)CC1)C(=O)Nc1ccncc1. The summed E-state index contributed by atoms with van der Waals surface area (Å²) in [5.41, 5.74) is 1.83. The number of nitrogens with one attached hydrogen (secondary N) is 2. The van der Waals surface area contributed by atoms with Gasteiger partial charge >= 0.3 is 6.03 Å². The van der Waals surface area contributed by atoms with Gasteiger partial charge in [-0.2, -0.15) is 0 Å². The average molecular weight is 381 g/mol. The molecule has 0 spiro atoms. The van der Waals surface area contributed by atoms with Crippen LogP contribution in [-0.4, -0.2) is 54.0 Å². The molecule has 0 unspecified atom stereocenters. The molecule has 1 aliphatic rings. The molecule has 1 fully saturated rings. The van der Waals surface area contributed by atoms with E-state index >= 15 is 0 Å². The Kier molecular flexibility index (Phi) is 6.47. The van der Waals surface area contributed by atoms with Crippen LogP contribution in [0.25, 0.3) is 0 Å². The summed E-state index contributed by atoms with van der Waals surface area (Å²) in [6.45, 7) is 6.63. The molecule has 1 atom stereocenters. The number of rotatable bonds is 5. The van der Waals surface area contributed by atoms with Crippen LogP contribution in [-0.2, 0) is 4.79 Å². The van der Waals surface area contributed by atoms with Crippen LogP contribution in [0.2, 0.25) is 0 Å². The molecule has 7 nitrogen and oxygen atoms in total. The van der Waals surface area contributed by atoms with Crippen LogP contribution in [0.5, 0.6) is 0 Å². The summed E-state index contributed by atoms with van der Waals surface area (Å²) in [4.78, 5) is 33.3. The highest BCUT2D eigenvalue weighted by atomic mass is 16.2. The van der Waals surface area contributed by atoms with Gasteiger partial charge in [0.25, 0.3) is 0 Å². The minimum Gasteiger partial charge on any atom is -0.368 e. The topological polar surface area (TPSA) is 77.6 Å². The number of piperazine rings is 1. The summed E-state index contributed by atoms with van der Waals surface area (Å²) in [5, 5.41) is 5.74. The number of amides is 3. The second-order valence-corrected chi connectivity index (χ2v) is 7.21.